The lowest BCUT2D eigenvalue weighted by molar-refractivity contribution is -0.116. The van der Waals surface area contributed by atoms with E-state index in [2.05, 4.69) is 5.32 Å². The molecule has 9 heteroatoms. The molecule has 0 fully saturated rings. The second-order valence-electron chi connectivity index (χ2n) is 7.11. The van der Waals surface area contributed by atoms with Gasteiger partial charge in [0.1, 0.15) is 4.90 Å². The Morgan fingerprint density at radius 2 is 1.66 bits per heavy atom. The lowest BCUT2D eigenvalue weighted by atomic mass is 10.1. The maximum atomic E-state index is 13.4. The highest BCUT2D eigenvalue weighted by Crippen LogP contribution is 2.28. The normalized spacial score (nSPS) is 11.5. The van der Waals surface area contributed by atoms with Crippen molar-refractivity contribution in [3.8, 4) is 0 Å². The molecule has 0 atom stereocenters. The van der Waals surface area contributed by atoms with Gasteiger partial charge in [0.2, 0.25) is 15.9 Å². The Bertz CT molecular complexity index is 1220. The molecule has 0 spiro atoms. The van der Waals surface area contributed by atoms with Gasteiger partial charge in [-0.25, -0.2) is 8.42 Å². The number of nitrogens with one attached hydrogen (secondary N) is 1. The number of benzene rings is 3. The monoisotopic (exact) mass is 510 g/mol. The number of carbonyl (C=O) groups excluding carboxylic acids is 1. The number of rotatable bonds is 8. The largest absolute Gasteiger partial charge is 0.325 e. The van der Waals surface area contributed by atoms with Gasteiger partial charge in [-0.1, -0.05) is 71.2 Å². The molecule has 3 rings (SSSR count). The second kappa shape index (κ2) is 10.7. The molecule has 0 aliphatic heterocycles. The molecule has 0 unspecified atom stereocenters. The number of carbonyl (C=O) groups is 1. The first-order valence-corrected chi connectivity index (χ1v) is 12.3. The predicted molar refractivity (Wildman–Crippen MR) is 130 cm³/mol. The zero-order valence-electron chi connectivity index (χ0n) is 17.2. The molecule has 32 heavy (non-hydrogen) atoms. The molecular formula is C23H21Cl3N2O3S. The molecule has 0 radical (unpaired) electrons. The highest BCUT2D eigenvalue weighted by atomic mass is 35.5. The fraction of sp³-hybridized carbons (Fsp3) is 0.174. The first kappa shape index (κ1) is 24.6. The summed E-state index contributed by atoms with van der Waals surface area (Å²) in [5.41, 5.74) is 2.15. The third kappa shape index (κ3) is 6.03. The third-order valence-electron chi connectivity index (χ3n) is 4.87. The standard InChI is InChI=1S/C23H21Cl3N2O3S/c1-16-19(25)8-5-9-21(16)27-23(29)15-28(13-12-17-6-3-2-4-7-17)32(30,31)22-14-18(24)10-11-20(22)26/h2-11,14H,12-13,15H2,1H3,(H,27,29). The molecule has 3 aromatic rings. The molecule has 168 valence electrons. The van der Waals surface area contributed by atoms with Crippen LogP contribution in [0.3, 0.4) is 0 Å². The minimum absolute atomic E-state index is 0.0326. The topological polar surface area (TPSA) is 66.5 Å². The van der Waals surface area contributed by atoms with Crippen molar-refractivity contribution < 1.29 is 13.2 Å². The van der Waals surface area contributed by atoms with Gasteiger partial charge >= 0.3 is 0 Å². The van der Waals surface area contributed by atoms with E-state index >= 15 is 0 Å². The van der Waals surface area contributed by atoms with Crippen LogP contribution in [0.4, 0.5) is 5.69 Å². The minimum atomic E-state index is -4.10. The summed E-state index contributed by atoms with van der Waals surface area (Å²) in [6.45, 7) is 1.45. The van der Waals surface area contributed by atoms with Crippen LogP contribution in [0.5, 0.6) is 0 Å². The van der Waals surface area contributed by atoms with Gasteiger partial charge in [0.05, 0.1) is 11.6 Å². The Kier molecular flexibility index (Phi) is 8.20. The van der Waals surface area contributed by atoms with Crippen molar-refractivity contribution in [2.45, 2.75) is 18.2 Å². The molecule has 0 heterocycles. The van der Waals surface area contributed by atoms with Gasteiger partial charge in [-0.15, -0.1) is 0 Å². The fourth-order valence-electron chi connectivity index (χ4n) is 3.09. The summed E-state index contributed by atoms with van der Waals surface area (Å²) in [5.74, 6) is -0.495. The number of halogens is 3. The average molecular weight is 512 g/mol. The Morgan fingerprint density at radius 3 is 2.38 bits per heavy atom. The van der Waals surface area contributed by atoms with E-state index in [1.54, 1.807) is 25.1 Å². The minimum Gasteiger partial charge on any atom is -0.325 e. The summed E-state index contributed by atoms with van der Waals surface area (Å²) >= 11 is 18.3. The van der Waals surface area contributed by atoms with E-state index < -0.39 is 22.5 Å². The lowest BCUT2D eigenvalue weighted by Crippen LogP contribution is -2.39. The molecule has 0 aromatic heterocycles. The van der Waals surface area contributed by atoms with Gasteiger partial charge < -0.3 is 5.32 Å². The molecular weight excluding hydrogens is 491 g/mol. The number of amides is 1. The molecule has 1 N–H and O–H groups in total. The molecule has 3 aromatic carbocycles. The molecule has 0 saturated heterocycles. The molecule has 0 saturated carbocycles. The lowest BCUT2D eigenvalue weighted by Gasteiger charge is -2.23. The van der Waals surface area contributed by atoms with Crippen molar-refractivity contribution in [3.63, 3.8) is 0 Å². The van der Waals surface area contributed by atoms with Crippen LogP contribution in [0, 0.1) is 6.92 Å². The zero-order chi connectivity index (χ0) is 23.3. The van der Waals surface area contributed by atoms with Crippen molar-refractivity contribution in [3.05, 3.63) is 92.9 Å². The summed E-state index contributed by atoms with van der Waals surface area (Å²) in [4.78, 5) is 12.7. The van der Waals surface area contributed by atoms with E-state index in [0.29, 0.717) is 22.7 Å². The summed E-state index contributed by atoms with van der Waals surface area (Å²) < 4.78 is 27.9. The SMILES string of the molecule is Cc1c(Cl)cccc1NC(=O)CN(CCc1ccccc1)S(=O)(=O)c1cc(Cl)ccc1Cl. The number of sulfonamides is 1. The average Bonchev–Trinajstić information content (AvgIpc) is 2.76. The number of hydrogen-bond acceptors (Lipinski definition) is 3. The van der Waals surface area contributed by atoms with E-state index in [1.807, 2.05) is 30.3 Å². The molecule has 1 amide bonds. The Balaban J connectivity index is 1.88. The molecule has 5 nitrogen and oxygen atoms in total. The van der Waals surface area contributed by atoms with Crippen LogP contribution in [-0.4, -0.2) is 31.7 Å². The smallest absolute Gasteiger partial charge is 0.245 e. The van der Waals surface area contributed by atoms with Crippen LogP contribution in [-0.2, 0) is 21.2 Å². The quantitative estimate of drug-likeness (QED) is 0.414. The first-order valence-electron chi connectivity index (χ1n) is 9.72. The van der Waals surface area contributed by atoms with Gasteiger partial charge in [-0.2, -0.15) is 4.31 Å². The maximum absolute atomic E-state index is 13.4. The fourth-order valence-corrected chi connectivity index (χ4v) is 5.40. The van der Waals surface area contributed by atoms with Crippen LogP contribution in [0.2, 0.25) is 15.1 Å². The van der Waals surface area contributed by atoms with Crippen LogP contribution in [0.25, 0.3) is 0 Å². The summed E-state index contributed by atoms with van der Waals surface area (Å²) in [6, 6.07) is 18.7. The number of nitrogens with zero attached hydrogens (tertiary/aromatic N) is 1. The van der Waals surface area contributed by atoms with Crippen LogP contribution in [0.1, 0.15) is 11.1 Å². The highest BCUT2D eigenvalue weighted by molar-refractivity contribution is 7.89. The highest BCUT2D eigenvalue weighted by Gasteiger charge is 2.29. The van der Waals surface area contributed by atoms with Gasteiger partial charge in [0, 0.05) is 22.3 Å². The van der Waals surface area contributed by atoms with Gasteiger partial charge in [-0.3, -0.25) is 4.79 Å². The molecule has 0 aliphatic rings. The Hall–Kier alpha value is -2.09. The molecule has 0 bridgehead atoms. The Labute approximate surface area is 203 Å². The third-order valence-corrected chi connectivity index (χ3v) is 7.84. The first-order chi connectivity index (χ1) is 15.2. The predicted octanol–water partition coefficient (Wildman–Crippen LogP) is 5.83. The summed E-state index contributed by atoms with van der Waals surface area (Å²) in [6.07, 6.45) is 0.418. The van der Waals surface area contributed by atoms with Gasteiger partial charge in [-0.05, 0) is 54.8 Å². The van der Waals surface area contributed by atoms with Gasteiger partial charge in [0.15, 0.2) is 0 Å². The van der Waals surface area contributed by atoms with E-state index in [-0.39, 0.29) is 21.5 Å². The van der Waals surface area contributed by atoms with Gasteiger partial charge in [0.25, 0.3) is 0 Å². The van der Waals surface area contributed by atoms with E-state index in [9.17, 15) is 13.2 Å². The maximum Gasteiger partial charge on any atom is 0.245 e. The van der Waals surface area contributed by atoms with E-state index in [4.69, 9.17) is 34.8 Å². The van der Waals surface area contributed by atoms with Crippen LogP contribution >= 0.6 is 34.8 Å². The Morgan fingerprint density at radius 1 is 0.938 bits per heavy atom. The van der Waals surface area contributed by atoms with Crippen LogP contribution in [0.15, 0.2) is 71.6 Å². The van der Waals surface area contributed by atoms with E-state index in [1.165, 1.54) is 18.2 Å². The summed E-state index contributed by atoms with van der Waals surface area (Å²) in [7, 11) is -4.10. The molecule has 0 aliphatic carbocycles. The second-order valence-corrected chi connectivity index (χ2v) is 10.3. The van der Waals surface area contributed by atoms with Crippen molar-refractivity contribution in [1.29, 1.82) is 0 Å². The van der Waals surface area contributed by atoms with Crippen molar-refractivity contribution >= 4 is 56.4 Å². The van der Waals surface area contributed by atoms with Crippen molar-refractivity contribution in [2.75, 3.05) is 18.4 Å². The number of anilines is 1. The van der Waals surface area contributed by atoms with Crippen molar-refractivity contribution in [1.82, 2.24) is 4.31 Å². The van der Waals surface area contributed by atoms with Crippen molar-refractivity contribution in [2.24, 2.45) is 0 Å². The summed E-state index contributed by atoms with van der Waals surface area (Å²) in [5, 5.41) is 3.51. The number of hydrogen-bond donors (Lipinski definition) is 1. The van der Waals surface area contributed by atoms with E-state index in [0.717, 1.165) is 9.87 Å². The van der Waals surface area contributed by atoms with Crippen LogP contribution < -0.4 is 5.32 Å². The zero-order valence-corrected chi connectivity index (χ0v) is 20.3.